The predicted molar refractivity (Wildman–Crippen MR) is 91.7 cm³/mol. The van der Waals surface area contributed by atoms with Gasteiger partial charge in [-0.15, -0.1) is 0 Å². The molecule has 0 aliphatic heterocycles. The minimum absolute atomic E-state index is 0.0356. The van der Waals surface area contributed by atoms with Gasteiger partial charge in [-0.2, -0.15) is 0 Å². The van der Waals surface area contributed by atoms with Gasteiger partial charge in [-0.25, -0.2) is 4.98 Å². The molecule has 0 bridgehead atoms. The van der Waals surface area contributed by atoms with Gasteiger partial charge in [0.05, 0.1) is 12.0 Å². The molecule has 0 fully saturated rings. The zero-order valence-corrected chi connectivity index (χ0v) is 13.5. The number of pyridine rings is 1. The summed E-state index contributed by atoms with van der Waals surface area (Å²) in [5.74, 6) is -1.09. The van der Waals surface area contributed by atoms with Gasteiger partial charge in [-0.05, 0) is 31.2 Å². The van der Waals surface area contributed by atoms with Crippen molar-refractivity contribution in [1.82, 2.24) is 15.8 Å². The van der Waals surface area contributed by atoms with Crippen LogP contribution in [0.1, 0.15) is 22.5 Å². The molecule has 2 aromatic rings. The van der Waals surface area contributed by atoms with Crippen molar-refractivity contribution in [3.05, 3.63) is 59.9 Å². The molecule has 0 atom stereocenters. The zero-order chi connectivity index (χ0) is 18.4. The van der Waals surface area contributed by atoms with Crippen molar-refractivity contribution < 1.29 is 19.8 Å². The van der Waals surface area contributed by atoms with E-state index < -0.39 is 5.91 Å². The van der Waals surface area contributed by atoms with Crippen LogP contribution in [0.3, 0.4) is 0 Å². The largest absolute Gasteiger partial charge is 0.508 e. The number of nitrogens with zero attached hydrogens (tertiary/aromatic N) is 1. The highest BCUT2D eigenvalue weighted by Gasteiger charge is 2.12. The van der Waals surface area contributed by atoms with Gasteiger partial charge >= 0.3 is 0 Å². The highest BCUT2D eigenvalue weighted by atomic mass is 16.3. The molecule has 0 spiro atoms. The average Bonchev–Trinajstić information content (AvgIpc) is 2.52. The lowest BCUT2D eigenvalue weighted by atomic mass is 10.2. The fourth-order valence-electron chi connectivity index (χ4n) is 1.96. The van der Waals surface area contributed by atoms with Crippen LogP contribution in [0.15, 0.2) is 48.7 Å². The Kier molecular flexibility index (Phi) is 5.57. The number of nitrogens with one attached hydrogen (secondary N) is 3. The summed E-state index contributed by atoms with van der Waals surface area (Å²) in [6.45, 7) is 5.46. The maximum atomic E-state index is 11.9. The number of aryl methyl sites for hydroxylation is 1. The third-order valence-corrected chi connectivity index (χ3v) is 3.11. The van der Waals surface area contributed by atoms with Crippen molar-refractivity contribution >= 4 is 17.6 Å². The van der Waals surface area contributed by atoms with Crippen LogP contribution in [0.2, 0.25) is 0 Å². The first-order valence-corrected chi connectivity index (χ1v) is 7.35. The maximum Gasteiger partial charge on any atom is 0.273 e. The number of benzene rings is 1. The van der Waals surface area contributed by atoms with Crippen LogP contribution in [-0.2, 0) is 4.79 Å². The molecule has 0 aliphatic carbocycles. The number of phenols is 2. The summed E-state index contributed by atoms with van der Waals surface area (Å²) in [4.78, 5) is 28.0. The van der Waals surface area contributed by atoms with Gasteiger partial charge in [0.2, 0.25) is 5.91 Å². The molecule has 25 heavy (non-hydrogen) atoms. The number of aromatic hydroxyl groups is 2. The van der Waals surface area contributed by atoms with E-state index >= 15 is 0 Å². The third kappa shape index (κ3) is 5.24. The molecule has 2 amide bonds. The number of hydrogen-bond donors (Lipinski definition) is 5. The van der Waals surface area contributed by atoms with Crippen LogP contribution >= 0.6 is 0 Å². The molecule has 0 aliphatic rings. The van der Waals surface area contributed by atoms with E-state index in [0.717, 1.165) is 11.8 Å². The summed E-state index contributed by atoms with van der Waals surface area (Å²) >= 11 is 0. The quantitative estimate of drug-likeness (QED) is 0.508. The fourth-order valence-corrected chi connectivity index (χ4v) is 1.96. The van der Waals surface area contributed by atoms with Gasteiger partial charge in [-0.1, -0.05) is 12.6 Å². The SMILES string of the molecule is C=C(CC(=O)Nc1cccc(C)n1)NNC(=O)c1ccc(O)cc1O. The Hall–Kier alpha value is -3.55. The summed E-state index contributed by atoms with van der Waals surface area (Å²) in [6.07, 6.45) is -0.0859. The molecule has 1 heterocycles. The molecule has 130 valence electrons. The first kappa shape index (κ1) is 17.8. The predicted octanol–water partition coefficient (Wildman–Crippen LogP) is 1.58. The Morgan fingerprint density at radius 3 is 2.60 bits per heavy atom. The summed E-state index contributed by atoms with van der Waals surface area (Å²) in [5, 5.41) is 21.4. The molecule has 2 rings (SSSR count). The Bertz CT molecular complexity index is 820. The molecule has 0 saturated carbocycles. The van der Waals surface area contributed by atoms with Gasteiger partial charge in [0.15, 0.2) is 0 Å². The summed E-state index contributed by atoms with van der Waals surface area (Å²) in [6, 6.07) is 8.83. The van der Waals surface area contributed by atoms with E-state index in [-0.39, 0.29) is 35.1 Å². The maximum absolute atomic E-state index is 11.9. The second-order valence-electron chi connectivity index (χ2n) is 5.27. The average molecular weight is 342 g/mol. The molecular weight excluding hydrogens is 324 g/mol. The second-order valence-corrected chi connectivity index (χ2v) is 5.27. The van der Waals surface area contributed by atoms with Crippen molar-refractivity contribution in [3.8, 4) is 11.5 Å². The Balaban J connectivity index is 1.83. The van der Waals surface area contributed by atoms with E-state index in [9.17, 15) is 19.8 Å². The Labute approximate surface area is 144 Å². The van der Waals surface area contributed by atoms with Gasteiger partial charge in [0.25, 0.3) is 5.91 Å². The second kappa shape index (κ2) is 7.82. The Morgan fingerprint density at radius 1 is 1.16 bits per heavy atom. The van der Waals surface area contributed by atoms with Crippen LogP contribution < -0.4 is 16.2 Å². The lowest BCUT2D eigenvalue weighted by Crippen LogP contribution is -2.37. The minimum atomic E-state index is -0.639. The number of phenolic OH excluding ortho intramolecular Hbond substituents is 2. The van der Waals surface area contributed by atoms with Crippen molar-refractivity contribution in [2.75, 3.05) is 5.32 Å². The van der Waals surface area contributed by atoms with E-state index in [1.54, 1.807) is 12.1 Å². The molecule has 1 aromatic carbocycles. The standard InChI is InChI=1S/C17H18N4O4/c1-10-4-3-5-15(18-10)19-16(24)8-11(2)20-21-17(25)13-7-6-12(22)9-14(13)23/h3-7,9,20,22-23H,2,8H2,1H3,(H,21,25)(H,18,19,24). The highest BCUT2D eigenvalue weighted by molar-refractivity contribution is 5.97. The lowest BCUT2D eigenvalue weighted by molar-refractivity contribution is -0.115. The van der Waals surface area contributed by atoms with E-state index in [2.05, 4.69) is 27.7 Å². The zero-order valence-electron chi connectivity index (χ0n) is 13.5. The number of hydrazine groups is 1. The number of carbonyl (C=O) groups is 2. The van der Waals surface area contributed by atoms with Gasteiger partial charge in [0.1, 0.15) is 17.3 Å². The lowest BCUT2D eigenvalue weighted by Gasteiger charge is -2.12. The van der Waals surface area contributed by atoms with Crippen LogP contribution in [-0.4, -0.2) is 27.0 Å². The summed E-state index contributed by atoms with van der Waals surface area (Å²) < 4.78 is 0. The van der Waals surface area contributed by atoms with Crippen LogP contribution in [0.5, 0.6) is 11.5 Å². The van der Waals surface area contributed by atoms with E-state index in [0.29, 0.717) is 5.82 Å². The molecule has 0 saturated heterocycles. The highest BCUT2D eigenvalue weighted by Crippen LogP contribution is 2.22. The summed E-state index contributed by atoms with van der Waals surface area (Å²) in [5.41, 5.74) is 5.80. The fraction of sp³-hybridized carbons (Fsp3) is 0.118. The first-order chi connectivity index (χ1) is 11.8. The molecule has 0 radical (unpaired) electrons. The number of rotatable bonds is 6. The molecule has 0 unspecified atom stereocenters. The molecule has 1 aromatic heterocycles. The van der Waals surface area contributed by atoms with Gasteiger partial charge in [-0.3, -0.25) is 15.0 Å². The molecule has 5 N–H and O–H groups in total. The van der Waals surface area contributed by atoms with Crippen molar-refractivity contribution in [3.63, 3.8) is 0 Å². The van der Waals surface area contributed by atoms with E-state index in [4.69, 9.17) is 0 Å². The summed E-state index contributed by atoms with van der Waals surface area (Å²) in [7, 11) is 0. The monoisotopic (exact) mass is 342 g/mol. The number of aromatic nitrogens is 1. The molecular formula is C17H18N4O4. The Morgan fingerprint density at radius 2 is 1.92 bits per heavy atom. The van der Waals surface area contributed by atoms with Crippen LogP contribution in [0.25, 0.3) is 0 Å². The van der Waals surface area contributed by atoms with Crippen molar-refractivity contribution in [2.24, 2.45) is 0 Å². The smallest absolute Gasteiger partial charge is 0.273 e. The normalized spacial score (nSPS) is 9.96. The number of amides is 2. The third-order valence-electron chi connectivity index (χ3n) is 3.11. The number of anilines is 1. The van der Waals surface area contributed by atoms with E-state index in [1.807, 2.05) is 13.0 Å². The number of carbonyl (C=O) groups excluding carboxylic acids is 2. The van der Waals surface area contributed by atoms with Gasteiger partial charge in [0, 0.05) is 17.5 Å². The first-order valence-electron chi connectivity index (χ1n) is 7.35. The van der Waals surface area contributed by atoms with Crippen LogP contribution in [0.4, 0.5) is 5.82 Å². The molecule has 8 nitrogen and oxygen atoms in total. The van der Waals surface area contributed by atoms with Crippen molar-refractivity contribution in [1.29, 1.82) is 0 Å². The number of hydrogen-bond acceptors (Lipinski definition) is 6. The van der Waals surface area contributed by atoms with Gasteiger partial charge < -0.3 is 21.0 Å². The molecule has 8 heteroatoms. The van der Waals surface area contributed by atoms with Crippen LogP contribution in [0, 0.1) is 6.92 Å². The minimum Gasteiger partial charge on any atom is -0.508 e. The topological polar surface area (TPSA) is 124 Å². The van der Waals surface area contributed by atoms with E-state index in [1.165, 1.54) is 12.1 Å². The van der Waals surface area contributed by atoms with Crippen molar-refractivity contribution in [2.45, 2.75) is 13.3 Å².